The van der Waals surface area contributed by atoms with Crippen LogP contribution >= 0.6 is 0 Å². The number of urea groups is 1. The van der Waals surface area contributed by atoms with Gasteiger partial charge in [0.2, 0.25) is 0 Å². The average molecular weight is 671 g/mol. The molecular weight excluding hydrogens is 628 g/mol. The highest BCUT2D eigenvalue weighted by Crippen LogP contribution is 2.37. The molecule has 2 fully saturated rings. The molecule has 0 bridgehead atoms. The van der Waals surface area contributed by atoms with Crippen LogP contribution in [0.15, 0.2) is 48.7 Å². The topological polar surface area (TPSA) is 74.2 Å². The summed E-state index contributed by atoms with van der Waals surface area (Å²) in [4.78, 5) is 33.9. The molecular formula is C35H42F4N6O3. The molecule has 3 aliphatic heterocycles. The van der Waals surface area contributed by atoms with Crippen molar-refractivity contribution in [2.45, 2.75) is 96.9 Å². The number of alkyl halides is 3. The molecule has 4 heterocycles. The van der Waals surface area contributed by atoms with Crippen LogP contribution in [-0.2, 0) is 30.5 Å². The molecule has 3 aliphatic rings. The standard InChI is InChI=1S/C35H42F4N6O3/c1-23-9-7-13-29(36)30(23)41-17-14-26(15-18-41)44-21-25-19-42(22-27-11-8-16-43(27)33(47)48-34(2,3)4)40-31(25)45(32(44)46)20-24-10-5-6-12-28(24)35(37,38)39/h5-7,9-10,12-13,19,26-27H,8,11,14-18,20-22H2,1-4H3. The van der Waals surface area contributed by atoms with E-state index < -0.39 is 29.5 Å². The summed E-state index contributed by atoms with van der Waals surface area (Å²) in [7, 11) is 0. The van der Waals surface area contributed by atoms with Crippen LogP contribution in [0.4, 0.5) is 38.7 Å². The Morgan fingerprint density at radius 3 is 2.42 bits per heavy atom. The van der Waals surface area contributed by atoms with E-state index in [0.29, 0.717) is 56.1 Å². The Bertz CT molecular complexity index is 1640. The zero-order chi connectivity index (χ0) is 34.4. The van der Waals surface area contributed by atoms with Crippen molar-refractivity contribution < 1.29 is 31.9 Å². The molecule has 0 aliphatic carbocycles. The van der Waals surface area contributed by atoms with Crippen molar-refractivity contribution in [2.24, 2.45) is 0 Å². The fraction of sp³-hybridized carbons (Fsp3) is 0.514. The maximum atomic E-state index is 14.7. The summed E-state index contributed by atoms with van der Waals surface area (Å²) in [5, 5.41) is 4.74. The molecule has 0 saturated carbocycles. The van der Waals surface area contributed by atoms with E-state index in [2.05, 4.69) is 0 Å². The first-order chi connectivity index (χ1) is 22.7. The highest BCUT2D eigenvalue weighted by atomic mass is 19.4. The molecule has 6 rings (SSSR count). The van der Waals surface area contributed by atoms with Crippen LogP contribution < -0.4 is 9.80 Å². The van der Waals surface area contributed by atoms with Crippen LogP contribution in [0.5, 0.6) is 0 Å². The van der Waals surface area contributed by atoms with Gasteiger partial charge in [0.15, 0.2) is 5.82 Å². The third kappa shape index (κ3) is 6.95. The van der Waals surface area contributed by atoms with Gasteiger partial charge in [0, 0.05) is 37.4 Å². The predicted molar refractivity (Wildman–Crippen MR) is 173 cm³/mol. The zero-order valence-electron chi connectivity index (χ0n) is 27.8. The Balaban J connectivity index is 1.27. The van der Waals surface area contributed by atoms with Crippen molar-refractivity contribution in [3.8, 4) is 0 Å². The number of ether oxygens (including phenoxy) is 1. The van der Waals surface area contributed by atoms with Crippen molar-refractivity contribution in [2.75, 3.05) is 29.4 Å². The SMILES string of the molecule is Cc1cccc(F)c1N1CCC(N2Cc3cn(CC4CCCN4C(=O)OC(C)(C)C)nc3N(Cc3ccccc3C(F)(F)F)C2=O)CC1. The van der Waals surface area contributed by atoms with E-state index in [-0.39, 0.29) is 36.6 Å². The van der Waals surface area contributed by atoms with Crippen molar-refractivity contribution in [3.63, 3.8) is 0 Å². The number of para-hydroxylation sites is 1. The lowest BCUT2D eigenvalue weighted by molar-refractivity contribution is -0.138. The first-order valence-electron chi connectivity index (χ1n) is 16.5. The summed E-state index contributed by atoms with van der Waals surface area (Å²) in [5.74, 6) is 0.0241. The minimum atomic E-state index is -4.59. The quantitative estimate of drug-likeness (QED) is 0.257. The monoisotopic (exact) mass is 670 g/mol. The minimum Gasteiger partial charge on any atom is -0.444 e. The van der Waals surface area contributed by atoms with Crippen LogP contribution in [0.1, 0.15) is 68.7 Å². The molecule has 2 saturated heterocycles. The van der Waals surface area contributed by atoms with Gasteiger partial charge in [0.05, 0.1) is 36.9 Å². The van der Waals surface area contributed by atoms with Crippen LogP contribution in [0.25, 0.3) is 0 Å². The summed E-state index contributed by atoms with van der Waals surface area (Å²) in [6.45, 7) is 9.22. The molecule has 258 valence electrons. The molecule has 9 nitrogen and oxygen atoms in total. The first kappa shape index (κ1) is 33.6. The van der Waals surface area contributed by atoms with Gasteiger partial charge < -0.3 is 19.4 Å². The molecule has 0 N–H and O–H groups in total. The number of fused-ring (bicyclic) bond motifs is 1. The highest BCUT2D eigenvalue weighted by molar-refractivity contribution is 5.94. The summed E-state index contributed by atoms with van der Waals surface area (Å²) in [6.07, 6.45) is -0.458. The maximum Gasteiger partial charge on any atom is 0.416 e. The van der Waals surface area contributed by atoms with Crippen LogP contribution in [0.2, 0.25) is 0 Å². The predicted octanol–water partition coefficient (Wildman–Crippen LogP) is 7.36. The Kier molecular flexibility index (Phi) is 9.08. The number of halogens is 4. The summed E-state index contributed by atoms with van der Waals surface area (Å²) in [5.41, 5.74) is 0.633. The number of aryl methyl sites for hydroxylation is 1. The van der Waals surface area contributed by atoms with Gasteiger partial charge in [-0.25, -0.2) is 14.0 Å². The molecule has 0 radical (unpaired) electrons. The number of anilines is 2. The Labute approximate surface area is 278 Å². The zero-order valence-corrected chi connectivity index (χ0v) is 27.8. The first-order valence-corrected chi connectivity index (χ1v) is 16.5. The fourth-order valence-corrected chi connectivity index (χ4v) is 7.14. The number of likely N-dealkylation sites (tertiary alicyclic amines) is 1. The Morgan fingerprint density at radius 2 is 1.73 bits per heavy atom. The van der Waals surface area contributed by atoms with Crippen LogP contribution in [0, 0.1) is 12.7 Å². The molecule has 2 aromatic carbocycles. The summed E-state index contributed by atoms with van der Waals surface area (Å²) in [6, 6.07) is 9.46. The van der Waals surface area contributed by atoms with Gasteiger partial charge in [-0.2, -0.15) is 18.3 Å². The van der Waals surface area contributed by atoms with E-state index in [1.54, 1.807) is 20.5 Å². The second-order valence-electron chi connectivity index (χ2n) is 13.9. The van der Waals surface area contributed by atoms with Gasteiger partial charge >= 0.3 is 18.3 Å². The number of hydrogen-bond donors (Lipinski definition) is 0. The highest BCUT2D eigenvalue weighted by Gasteiger charge is 2.41. The molecule has 13 heteroatoms. The van der Waals surface area contributed by atoms with Crippen molar-refractivity contribution >= 4 is 23.6 Å². The number of carbonyl (C=O) groups excluding carboxylic acids is 2. The summed E-state index contributed by atoms with van der Waals surface area (Å²) < 4.78 is 64.1. The van der Waals surface area contributed by atoms with Crippen molar-refractivity contribution in [1.82, 2.24) is 19.6 Å². The number of benzene rings is 2. The van der Waals surface area contributed by atoms with E-state index >= 15 is 0 Å². The lowest BCUT2D eigenvalue weighted by Gasteiger charge is -2.43. The Morgan fingerprint density at radius 1 is 1.00 bits per heavy atom. The normalized spacial score (nSPS) is 19.2. The van der Waals surface area contributed by atoms with Crippen LogP contribution in [0.3, 0.4) is 0 Å². The van der Waals surface area contributed by atoms with Gasteiger partial charge in [-0.15, -0.1) is 0 Å². The van der Waals surface area contributed by atoms with E-state index in [4.69, 9.17) is 9.84 Å². The molecule has 1 unspecified atom stereocenters. The number of nitrogens with zero attached hydrogens (tertiary/aromatic N) is 6. The number of amides is 3. The van der Waals surface area contributed by atoms with Crippen molar-refractivity contribution in [1.29, 1.82) is 0 Å². The molecule has 0 spiro atoms. The van der Waals surface area contributed by atoms with Gasteiger partial charge in [-0.05, 0) is 76.6 Å². The molecule has 3 amide bonds. The maximum absolute atomic E-state index is 14.7. The van der Waals surface area contributed by atoms with Gasteiger partial charge in [0.1, 0.15) is 11.4 Å². The number of hydrogen-bond acceptors (Lipinski definition) is 5. The second-order valence-corrected chi connectivity index (χ2v) is 13.9. The third-order valence-electron chi connectivity index (χ3n) is 9.35. The lowest BCUT2D eigenvalue weighted by Crippen LogP contribution is -2.54. The number of rotatable bonds is 6. The molecule has 3 aromatic rings. The molecule has 1 atom stereocenters. The fourth-order valence-electron chi connectivity index (χ4n) is 7.14. The van der Waals surface area contributed by atoms with Crippen LogP contribution in [-0.4, -0.2) is 69.0 Å². The van der Waals surface area contributed by atoms with E-state index in [1.807, 2.05) is 44.9 Å². The second kappa shape index (κ2) is 13.0. The lowest BCUT2D eigenvalue weighted by atomic mass is 10.00. The average Bonchev–Trinajstić information content (AvgIpc) is 3.65. The van der Waals surface area contributed by atoms with Gasteiger partial charge in [-0.3, -0.25) is 9.58 Å². The number of carbonyl (C=O) groups is 2. The largest absolute Gasteiger partial charge is 0.444 e. The van der Waals surface area contributed by atoms with Crippen molar-refractivity contribution in [3.05, 3.63) is 76.7 Å². The minimum absolute atomic E-state index is 0.0301. The number of piperidine rings is 1. The number of aromatic nitrogens is 2. The molecule has 48 heavy (non-hydrogen) atoms. The van der Waals surface area contributed by atoms with E-state index in [1.165, 1.54) is 29.2 Å². The smallest absolute Gasteiger partial charge is 0.416 e. The van der Waals surface area contributed by atoms with E-state index in [9.17, 15) is 27.2 Å². The van der Waals surface area contributed by atoms with Gasteiger partial charge in [-0.1, -0.05) is 30.3 Å². The summed E-state index contributed by atoms with van der Waals surface area (Å²) >= 11 is 0. The third-order valence-corrected chi connectivity index (χ3v) is 9.35. The molecule has 1 aromatic heterocycles. The van der Waals surface area contributed by atoms with E-state index in [0.717, 1.165) is 24.5 Å². The van der Waals surface area contributed by atoms with Gasteiger partial charge in [0.25, 0.3) is 0 Å². The Hall–Kier alpha value is -4.29.